The molecular formula is C27H41N3O6. The van der Waals surface area contributed by atoms with E-state index in [1.54, 1.807) is 11.0 Å². The molecule has 0 saturated carbocycles. The third-order valence-corrected chi connectivity index (χ3v) is 6.32. The van der Waals surface area contributed by atoms with Crippen LogP contribution in [0.15, 0.2) is 18.2 Å². The van der Waals surface area contributed by atoms with Crippen LogP contribution in [-0.4, -0.2) is 74.8 Å². The maximum Gasteiger partial charge on any atom is 0.255 e. The lowest BCUT2D eigenvalue weighted by atomic mass is 9.91. The SMILES string of the molecule is CC(C)(C)CCCOCCOCCOCCCNc1cccc2c1CN(C1CCC(=O)NC1=O)C2=O. The lowest BCUT2D eigenvalue weighted by Gasteiger charge is -2.29. The van der Waals surface area contributed by atoms with E-state index in [1.165, 1.54) is 0 Å². The van der Waals surface area contributed by atoms with Gasteiger partial charge in [0.25, 0.3) is 5.91 Å². The smallest absolute Gasteiger partial charge is 0.255 e. The highest BCUT2D eigenvalue weighted by molar-refractivity contribution is 6.06. The molecule has 3 amide bonds. The summed E-state index contributed by atoms with van der Waals surface area (Å²) in [7, 11) is 0. The summed E-state index contributed by atoms with van der Waals surface area (Å²) in [5.41, 5.74) is 2.74. The number of hydrogen-bond donors (Lipinski definition) is 2. The zero-order chi connectivity index (χ0) is 26.0. The number of piperidine rings is 1. The molecule has 1 aromatic carbocycles. The van der Waals surface area contributed by atoms with Crippen molar-refractivity contribution >= 4 is 23.4 Å². The van der Waals surface area contributed by atoms with Gasteiger partial charge in [0.05, 0.1) is 26.4 Å². The lowest BCUT2D eigenvalue weighted by molar-refractivity contribution is -0.136. The summed E-state index contributed by atoms with van der Waals surface area (Å²) in [5, 5.41) is 5.73. The van der Waals surface area contributed by atoms with Crippen molar-refractivity contribution in [3.8, 4) is 0 Å². The Hall–Kier alpha value is -2.49. The molecule has 0 radical (unpaired) electrons. The predicted molar refractivity (Wildman–Crippen MR) is 137 cm³/mol. The first-order chi connectivity index (χ1) is 17.3. The molecule has 0 bridgehead atoms. The van der Waals surface area contributed by atoms with Crippen molar-refractivity contribution in [1.82, 2.24) is 10.2 Å². The minimum atomic E-state index is -0.605. The molecule has 2 aliphatic rings. The molecular weight excluding hydrogens is 462 g/mol. The van der Waals surface area contributed by atoms with Gasteiger partial charge in [-0.15, -0.1) is 0 Å². The van der Waals surface area contributed by atoms with Crippen LogP contribution in [0.2, 0.25) is 0 Å². The van der Waals surface area contributed by atoms with Gasteiger partial charge in [-0.2, -0.15) is 0 Å². The van der Waals surface area contributed by atoms with E-state index in [9.17, 15) is 14.4 Å². The summed E-state index contributed by atoms with van der Waals surface area (Å²) < 4.78 is 16.8. The van der Waals surface area contributed by atoms with Gasteiger partial charge >= 0.3 is 0 Å². The number of rotatable bonds is 15. The molecule has 0 aliphatic carbocycles. The van der Waals surface area contributed by atoms with Crippen molar-refractivity contribution in [2.24, 2.45) is 5.41 Å². The zero-order valence-electron chi connectivity index (χ0n) is 21.9. The number of ether oxygens (including phenoxy) is 3. The normalized spacial score (nSPS) is 17.9. The van der Waals surface area contributed by atoms with Crippen LogP contribution in [0.3, 0.4) is 0 Å². The van der Waals surface area contributed by atoms with Crippen LogP contribution in [0.25, 0.3) is 0 Å². The highest BCUT2D eigenvalue weighted by atomic mass is 16.5. The minimum Gasteiger partial charge on any atom is -0.385 e. The molecule has 0 aromatic heterocycles. The topological polar surface area (TPSA) is 106 Å². The molecule has 1 saturated heterocycles. The van der Waals surface area contributed by atoms with E-state index < -0.39 is 11.9 Å². The largest absolute Gasteiger partial charge is 0.385 e. The maximum atomic E-state index is 12.9. The second-order valence-corrected chi connectivity index (χ2v) is 10.5. The van der Waals surface area contributed by atoms with Crippen LogP contribution in [-0.2, 0) is 30.3 Å². The maximum absolute atomic E-state index is 12.9. The highest BCUT2D eigenvalue weighted by Gasteiger charge is 2.39. The van der Waals surface area contributed by atoms with Crippen LogP contribution in [0.5, 0.6) is 0 Å². The van der Waals surface area contributed by atoms with Gasteiger partial charge in [0.15, 0.2) is 0 Å². The average Bonchev–Trinajstić information content (AvgIpc) is 3.15. The first-order valence-electron chi connectivity index (χ1n) is 13.0. The van der Waals surface area contributed by atoms with Crippen LogP contribution >= 0.6 is 0 Å². The molecule has 1 atom stereocenters. The molecule has 9 heteroatoms. The van der Waals surface area contributed by atoms with Gasteiger partial charge in [-0.25, -0.2) is 0 Å². The van der Waals surface area contributed by atoms with Crippen molar-refractivity contribution in [3.63, 3.8) is 0 Å². The lowest BCUT2D eigenvalue weighted by Crippen LogP contribution is -2.52. The number of carbonyl (C=O) groups is 3. The van der Waals surface area contributed by atoms with E-state index in [0.29, 0.717) is 63.5 Å². The summed E-state index contributed by atoms with van der Waals surface area (Å²) >= 11 is 0. The average molecular weight is 504 g/mol. The molecule has 2 N–H and O–H groups in total. The monoisotopic (exact) mass is 503 g/mol. The van der Waals surface area contributed by atoms with Crippen LogP contribution in [0.1, 0.15) is 68.8 Å². The number of nitrogens with zero attached hydrogens (tertiary/aromatic N) is 1. The van der Waals surface area contributed by atoms with Gasteiger partial charge < -0.3 is 24.4 Å². The molecule has 2 aliphatic heterocycles. The van der Waals surface area contributed by atoms with Gasteiger partial charge in [-0.3, -0.25) is 19.7 Å². The summed E-state index contributed by atoms with van der Waals surface area (Å²) in [5.74, 6) is -0.846. The van der Waals surface area contributed by atoms with Crippen LogP contribution in [0.4, 0.5) is 5.69 Å². The number of nitrogens with one attached hydrogen (secondary N) is 2. The second kappa shape index (κ2) is 13.7. The molecule has 1 fully saturated rings. The fourth-order valence-electron chi connectivity index (χ4n) is 4.39. The molecule has 0 spiro atoms. The van der Waals surface area contributed by atoms with Crippen LogP contribution in [0, 0.1) is 5.41 Å². The Labute approximate surface area is 214 Å². The van der Waals surface area contributed by atoms with Gasteiger partial charge in [0.1, 0.15) is 6.04 Å². The third-order valence-electron chi connectivity index (χ3n) is 6.32. The fourth-order valence-corrected chi connectivity index (χ4v) is 4.39. The summed E-state index contributed by atoms with van der Waals surface area (Å²) in [6.45, 7) is 11.4. The highest BCUT2D eigenvalue weighted by Crippen LogP contribution is 2.32. The standard InChI is InChI=1S/C27H41N3O6/c1-27(2,3)11-5-13-34-15-17-36-18-16-35-14-6-12-28-22-8-4-7-20-21(22)19-30(26(20)33)23-9-10-24(31)29-25(23)32/h4,7-8,23,28H,5-6,9-19H2,1-3H3,(H,29,31,32). The Bertz CT molecular complexity index is 898. The third kappa shape index (κ3) is 8.57. The van der Waals surface area contributed by atoms with E-state index in [1.807, 2.05) is 12.1 Å². The number of benzene rings is 1. The van der Waals surface area contributed by atoms with Crippen molar-refractivity contribution in [3.05, 3.63) is 29.3 Å². The first kappa shape index (κ1) is 28.1. The van der Waals surface area contributed by atoms with E-state index >= 15 is 0 Å². The summed E-state index contributed by atoms with van der Waals surface area (Å²) in [6, 6.07) is 4.97. The van der Waals surface area contributed by atoms with Crippen LogP contribution < -0.4 is 10.6 Å². The predicted octanol–water partition coefficient (Wildman–Crippen LogP) is 3.13. The Kier molecular flexibility index (Phi) is 10.7. The number of carbonyl (C=O) groups excluding carboxylic acids is 3. The van der Waals surface area contributed by atoms with E-state index in [-0.39, 0.29) is 18.2 Å². The van der Waals surface area contributed by atoms with Crippen molar-refractivity contribution in [2.75, 3.05) is 51.5 Å². The summed E-state index contributed by atoms with van der Waals surface area (Å²) in [4.78, 5) is 38.2. The molecule has 1 aromatic rings. The molecule has 9 nitrogen and oxygen atoms in total. The summed E-state index contributed by atoms with van der Waals surface area (Å²) in [6.07, 6.45) is 3.64. The Morgan fingerprint density at radius 3 is 2.31 bits per heavy atom. The second-order valence-electron chi connectivity index (χ2n) is 10.5. The van der Waals surface area contributed by atoms with E-state index in [4.69, 9.17) is 14.2 Å². The fraction of sp³-hybridized carbons (Fsp3) is 0.667. The molecule has 200 valence electrons. The Morgan fingerprint density at radius 1 is 0.972 bits per heavy atom. The number of anilines is 1. The van der Waals surface area contributed by atoms with E-state index in [0.717, 1.165) is 37.1 Å². The molecule has 1 unspecified atom stereocenters. The minimum absolute atomic E-state index is 0.165. The van der Waals surface area contributed by atoms with Gasteiger partial charge in [-0.05, 0) is 43.2 Å². The quantitative estimate of drug-likeness (QED) is 0.280. The van der Waals surface area contributed by atoms with E-state index in [2.05, 4.69) is 31.4 Å². The Balaban J connectivity index is 1.26. The number of imide groups is 1. The zero-order valence-corrected chi connectivity index (χ0v) is 21.9. The molecule has 36 heavy (non-hydrogen) atoms. The number of hydrogen-bond acceptors (Lipinski definition) is 7. The van der Waals surface area contributed by atoms with Crippen molar-refractivity contribution < 1.29 is 28.6 Å². The number of amides is 3. The van der Waals surface area contributed by atoms with Gasteiger partial charge in [0, 0.05) is 49.5 Å². The number of fused-ring (bicyclic) bond motifs is 1. The van der Waals surface area contributed by atoms with Gasteiger partial charge in [0.2, 0.25) is 11.8 Å². The van der Waals surface area contributed by atoms with Gasteiger partial charge in [-0.1, -0.05) is 26.8 Å². The molecule has 3 rings (SSSR count). The Morgan fingerprint density at radius 2 is 1.64 bits per heavy atom. The van der Waals surface area contributed by atoms with Crippen molar-refractivity contribution in [1.29, 1.82) is 0 Å². The molecule has 2 heterocycles. The van der Waals surface area contributed by atoms with Crippen molar-refractivity contribution in [2.45, 2.75) is 65.5 Å². The first-order valence-corrected chi connectivity index (χ1v) is 13.0.